The fourth-order valence-electron chi connectivity index (χ4n) is 5.18. The van der Waals surface area contributed by atoms with Crippen molar-refractivity contribution >= 4 is 27.5 Å². The Morgan fingerprint density at radius 3 is 2.57 bits per heavy atom. The molecule has 188 valence electrons. The molecule has 10 nitrogen and oxygen atoms in total. The number of aromatic nitrogens is 5. The zero-order valence-corrected chi connectivity index (χ0v) is 20.0. The second-order valence-corrected chi connectivity index (χ2v) is 9.57. The van der Waals surface area contributed by atoms with E-state index in [1.54, 1.807) is 37.3 Å². The summed E-state index contributed by atoms with van der Waals surface area (Å²) in [4.78, 5) is 26.3. The number of para-hydroxylation sites is 1. The molecule has 0 bridgehead atoms. The number of anilines is 1. The molecule has 3 aromatic heterocycles. The Kier molecular flexibility index (Phi) is 4.96. The van der Waals surface area contributed by atoms with Crippen molar-refractivity contribution in [2.24, 2.45) is 0 Å². The maximum absolute atomic E-state index is 16.3. The molecule has 1 aliphatic rings. The van der Waals surface area contributed by atoms with Gasteiger partial charge in [-0.1, -0.05) is 18.2 Å². The predicted octanol–water partition coefficient (Wildman–Crippen LogP) is 2.91. The SMILES string of the molecule is COc1cn(-c2ccccc2)c(=O)c2c(F)c(-c3nn(C4CC(C)(O)C4)c4c(=O)[nH]nc(N)c34)ccc12. The van der Waals surface area contributed by atoms with Crippen molar-refractivity contribution in [2.75, 3.05) is 12.8 Å². The Labute approximate surface area is 208 Å². The smallest absolute Gasteiger partial charge is 0.290 e. The number of nitrogen functional groups attached to an aromatic ring is 1. The molecule has 3 heterocycles. The lowest BCUT2D eigenvalue weighted by Crippen LogP contribution is -2.42. The fourth-order valence-corrected chi connectivity index (χ4v) is 5.18. The number of nitrogens with zero attached hydrogens (tertiary/aromatic N) is 4. The lowest BCUT2D eigenvalue weighted by molar-refractivity contribution is -0.0530. The maximum atomic E-state index is 16.3. The number of ether oxygens (including phenoxy) is 1. The number of nitrogens with one attached hydrogen (secondary N) is 1. The van der Waals surface area contributed by atoms with Crippen molar-refractivity contribution in [3.8, 4) is 22.7 Å². The van der Waals surface area contributed by atoms with Crippen LogP contribution in [0.1, 0.15) is 25.8 Å². The third kappa shape index (κ3) is 3.42. The van der Waals surface area contributed by atoms with E-state index in [0.29, 0.717) is 29.7 Å². The minimum absolute atomic E-state index is 0.00796. The van der Waals surface area contributed by atoms with Gasteiger partial charge in [-0.05, 0) is 44.0 Å². The average Bonchev–Trinajstić information content (AvgIpc) is 3.27. The van der Waals surface area contributed by atoms with Gasteiger partial charge in [0.2, 0.25) is 0 Å². The van der Waals surface area contributed by atoms with Gasteiger partial charge in [-0.15, -0.1) is 0 Å². The molecule has 6 rings (SSSR count). The molecule has 0 amide bonds. The number of H-pyrrole nitrogens is 1. The van der Waals surface area contributed by atoms with E-state index in [4.69, 9.17) is 10.5 Å². The van der Waals surface area contributed by atoms with Crippen molar-refractivity contribution in [2.45, 2.75) is 31.4 Å². The van der Waals surface area contributed by atoms with Gasteiger partial charge >= 0.3 is 0 Å². The normalized spacial score (nSPS) is 19.3. The van der Waals surface area contributed by atoms with E-state index in [9.17, 15) is 14.7 Å². The lowest BCUT2D eigenvalue weighted by Gasteiger charge is -2.40. The highest BCUT2D eigenvalue weighted by Gasteiger charge is 2.41. The summed E-state index contributed by atoms with van der Waals surface area (Å²) in [7, 11) is 1.45. The van der Waals surface area contributed by atoms with Crippen molar-refractivity contribution in [1.82, 2.24) is 24.5 Å². The van der Waals surface area contributed by atoms with Crippen LogP contribution < -0.4 is 21.6 Å². The molecule has 4 N–H and O–H groups in total. The second-order valence-electron chi connectivity index (χ2n) is 9.57. The highest BCUT2D eigenvalue weighted by Crippen LogP contribution is 2.44. The summed E-state index contributed by atoms with van der Waals surface area (Å²) in [5, 5.41) is 21.3. The van der Waals surface area contributed by atoms with Crippen LogP contribution >= 0.6 is 0 Å². The first-order valence-corrected chi connectivity index (χ1v) is 11.7. The van der Waals surface area contributed by atoms with Gasteiger partial charge in [-0.3, -0.25) is 18.8 Å². The van der Waals surface area contributed by atoms with E-state index >= 15 is 4.39 Å². The van der Waals surface area contributed by atoms with Gasteiger partial charge in [-0.2, -0.15) is 10.2 Å². The molecule has 37 heavy (non-hydrogen) atoms. The van der Waals surface area contributed by atoms with Crippen molar-refractivity contribution in [1.29, 1.82) is 0 Å². The Morgan fingerprint density at radius 1 is 1.16 bits per heavy atom. The van der Waals surface area contributed by atoms with E-state index in [0.717, 1.165) is 0 Å². The van der Waals surface area contributed by atoms with Crippen LogP contribution in [0.15, 0.2) is 58.3 Å². The highest BCUT2D eigenvalue weighted by atomic mass is 19.1. The highest BCUT2D eigenvalue weighted by molar-refractivity contribution is 6.02. The molecule has 0 spiro atoms. The van der Waals surface area contributed by atoms with Crippen LogP contribution in [0.25, 0.3) is 38.6 Å². The number of rotatable bonds is 4. The average molecular weight is 503 g/mol. The van der Waals surface area contributed by atoms with E-state index in [-0.39, 0.29) is 39.4 Å². The summed E-state index contributed by atoms with van der Waals surface area (Å²) < 4.78 is 24.6. The number of nitrogens with two attached hydrogens (primary N) is 1. The maximum Gasteiger partial charge on any atom is 0.290 e. The summed E-state index contributed by atoms with van der Waals surface area (Å²) >= 11 is 0. The lowest BCUT2D eigenvalue weighted by atomic mass is 9.77. The van der Waals surface area contributed by atoms with Crippen LogP contribution in [0, 0.1) is 5.82 Å². The molecule has 0 saturated heterocycles. The van der Waals surface area contributed by atoms with Crippen molar-refractivity contribution in [3.05, 3.63) is 75.2 Å². The number of hydrogen-bond acceptors (Lipinski definition) is 7. The number of halogens is 1. The third-order valence-electron chi connectivity index (χ3n) is 6.95. The molecule has 1 saturated carbocycles. The zero-order chi connectivity index (χ0) is 26.1. The number of aromatic amines is 1. The van der Waals surface area contributed by atoms with Gasteiger partial charge in [0.25, 0.3) is 11.1 Å². The zero-order valence-electron chi connectivity index (χ0n) is 20.0. The second kappa shape index (κ2) is 8.00. The van der Waals surface area contributed by atoms with Crippen LogP contribution in [0.4, 0.5) is 10.2 Å². The Balaban J connectivity index is 1.65. The molecular weight excluding hydrogens is 479 g/mol. The molecule has 1 fully saturated rings. The van der Waals surface area contributed by atoms with E-state index in [1.807, 2.05) is 6.07 Å². The Bertz CT molecular complexity index is 1820. The standard InChI is InChI=1S/C26H23FN6O4/c1-26(36)10-14(11-26)33-22-19(23(28)29-30-24(22)34)21(31-33)16-9-8-15-17(37-2)12-32(13-6-4-3-5-7-13)25(35)18(15)20(16)27/h3-9,12,14,36H,10-11H2,1-2H3,(H2,28,29)(H,30,34). The first-order chi connectivity index (χ1) is 17.7. The number of benzene rings is 2. The van der Waals surface area contributed by atoms with Gasteiger partial charge in [0, 0.05) is 16.6 Å². The first-order valence-electron chi connectivity index (χ1n) is 11.7. The number of methoxy groups -OCH3 is 1. The Morgan fingerprint density at radius 2 is 1.89 bits per heavy atom. The summed E-state index contributed by atoms with van der Waals surface area (Å²) in [5.74, 6) is -0.541. The molecule has 0 unspecified atom stereocenters. The van der Waals surface area contributed by atoms with Crippen molar-refractivity contribution < 1.29 is 14.2 Å². The third-order valence-corrected chi connectivity index (χ3v) is 6.95. The summed E-state index contributed by atoms with van der Waals surface area (Å²) in [6.07, 6.45) is 2.25. The topological polar surface area (TPSA) is 141 Å². The van der Waals surface area contributed by atoms with E-state index in [1.165, 1.54) is 28.6 Å². The van der Waals surface area contributed by atoms with Gasteiger partial charge in [0.15, 0.2) is 5.82 Å². The fraction of sp³-hybridized carbons (Fsp3) is 0.231. The van der Waals surface area contributed by atoms with Crippen LogP contribution in [-0.2, 0) is 0 Å². The molecular formula is C26H23FN6O4. The number of pyridine rings is 1. The van der Waals surface area contributed by atoms with Crippen LogP contribution in [-0.4, -0.2) is 42.4 Å². The number of hydrogen-bond donors (Lipinski definition) is 3. The number of aliphatic hydroxyl groups is 1. The van der Waals surface area contributed by atoms with Gasteiger partial charge < -0.3 is 15.6 Å². The van der Waals surface area contributed by atoms with E-state index < -0.39 is 22.5 Å². The van der Waals surface area contributed by atoms with Crippen molar-refractivity contribution in [3.63, 3.8) is 0 Å². The summed E-state index contributed by atoms with van der Waals surface area (Å²) in [6.45, 7) is 1.70. The quantitative estimate of drug-likeness (QED) is 0.343. The molecule has 0 radical (unpaired) electrons. The molecule has 5 aromatic rings. The molecule has 11 heteroatoms. The number of fused-ring (bicyclic) bond motifs is 2. The molecule has 0 atom stereocenters. The largest absolute Gasteiger partial charge is 0.495 e. The monoisotopic (exact) mass is 502 g/mol. The van der Waals surface area contributed by atoms with Crippen LogP contribution in [0.2, 0.25) is 0 Å². The first kappa shape index (κ1) is 22.9. The van der Waals surface area contributed by atoms with Crippen LogP contribution in [0.5, 0.6) is 5.75 Å². The molecule has 2 aromatic carbocycles. The van der Waals surface area contributed by atoms with Gasteiger partial charge in [0.1, 0.15) is 22.8 Å². The molecule has 1 aliphatic carbocycles. The summed E-state index contributed by atoms with van der Waals surface area (Å²) in [6, 6.07) is 11.6. The minimum Gasteiger partial charge on any atom is -0.495 e. The predicted molar refractivity (Wildman–Crippen MR) is 137 cm³/mol. The van der Waals surface area contributed by atoms with Crippen LogP contribution in [0.3, 0.4) is 0 Å². The van der Waals surface area contributed by atoms with Gasteiger partial charge in [-0.25, -0.2) is 9.49 Å². The molecule has 0 aliphatic heterocycles. The summed E-state index contributed by atoms with van der Waals surface area (Å²) in [5.41, 5.74) is 4.89. The Hall–Kier alpha value is -4.51. The van der Waals surface area contributed by atoms with E-state index in [2.05, 4.69) is 15.3 Å². The minimum atomic E-state index is -0.887. The van der Waals surface area contributed by atoms with Gasteiger partial charge in [0.05, 0.1) is 35.7 Å².